The minimum absolute atomic E-state index is 0.120. The summed E-state index contributed by atoms with van der Waals surface area (Å²) in [6.07, 6.45) is 0. The first kappa shape index (κ1) is 18.8. The van der Waals surface area contributed by atoms with Crippen molar-refractivity contribution in [1.82, 2.24) is 4.90 Å². The molecule has 0 saturated carbocycles. The Bertz CT molecular complexity index is 1200. The van der Waals surface area contributed by atoms with Crippen molar-refractivity contribution < 1.29 is 24.5 Å². The number of rotatable bonds is 2. The van der Waals surface area contributed by atoms with Gasteiger partial charge in [0.05, 0.1) is 17.6 Å². The van der Waals surface area contributed by atoms with Gasteiger partial charge >= 0.3 is 0 Å². The van der Waals surface area contributed by atoms with Crippen LogP contribution in [0.25, 0.3) is 22.3 Å². The largest absolute Gasteiger partial charge is 0.504 e. The number of carbonyl (C=O) groups is 1. The molecule has 1 amide bonds. The summed E-state index contributed by atoms with van der Waals surface area (Å²) in [6, 6.07) is 7.20. The van der Waals surface area contributed by atoms with E-state index in [0.29, 0.717) is 18.8 Å². The fourth-order valence-corrected chi connectivity index (χ4v) is 3.52. The highest BCUT2D eigenvalue weighted by molar-refractivity contribution is 6.03. The molecule has 1 aromatic heterocycles. The summed E-state index contributed by atoms with van der Waals surface area (Å²) in [5.74, 6) is -1.63. The normalized spacial score (nSPS) is 15.2. The molecule has 0 radical (unpaired) electrons. The maximum absolute atomic E-state index is 12.9. The third-order valence-corrected chi connectivity index (χ3v) is 5.03. The van der Waals surface area contributed by atoms with Gasteiger partial charge in [0.25, 0.3) is 0 Å². The van der Waals surface area contributed by atoms with Gasteiger partial charge in [-0.15, -0.1) is 0 Å². The fraction of sp³-hybridized carbons (Fsp3) is 0.238. The summed E-state index contributed by atoms with van der Waals surface area (Å²) < 4.78 is 5.92. The lowest BCUT2D eigenvalue weighted by Gasteiger charge is -2.32. The van der Waals surface area contributed by atoms with E-state index in [4.69, 9.17) is 4.42 Å². The summed E-state index contributed by atoms with van der Waals surface area (Å²) >= 11 is 0. The number of piperazine rings is 1. The predicted octanol–water partition coefficient (Wildman–Crippen LogP) is 2.16. The van der Waals surface area contributed by atoms with E-state index in [0.717, 1.165) is 5.56 Å². The molecule has 0 spiro atoms. The van der Waals surface area contributed by atoms with Crippen LogP contribution in [0.3, 0.4) is 0 Å². The first-order valence-corrected chi connectivity index (χ1v) is 9.08. The van der Waals surface area contributed by atoms with Gasteiger partial charge in [0.2, 0.25) is 17.1 Å². The van der Waals surface area contributed by atoms with E-state index in [-0.39, 0.29) is 40.5 Å². The number of benzene rings is 2. The number of phenols is 2. The number of likely N-dealkylation sites (N-methyl/N-ethyl adjacent to an activating group) is 1. The number of aryl methyl sites for hydroxylation is 1. The molecule has 4 rings (SSSR count). The van der Waals surface area contributed by atoms with Crippen LogP contribution in [0, 0.1) is 6.92 Å². The van der Waals surface area contributed by atoms with Gasteiger partial charge in [-0.3, -0.25) is 14.5 Å². The molecule has 2 heterocycles. The lowest BCUT2D eigenvalue weighted by Crippen LogP contribution is -2.49. The molecular weight excluding hydrogens is 376 g/mol. The molecule has 29 heavy (non-hydrogen) atoms. The van der Waals surface area contributed by atoms with Gasteiger partial charge < -0.3 is 24.6 Å². The van der Waals surface area contributed by atoms with Gasteiger partial charge in [-0.05, 0) is 49.9 Å². The maximum atomic E-state index is 12.9. The molecule has 1 aliphatic rings. The Morgan fingerprint density at radius 3 is 2.45 bits per heavy atom. The van der Waals surface area contributed by atoms with Crippen molar-refractivity contribution >= 4 is 22.6 Å². The van der Waals surface area contributed by atoms with Crippen LogP contribution in [0.4, 0.5) is 5.69 Å². The van der Waals surface area contributed by atoms with Crippen LogP contribution in [0.2, 0.25) is 0 Å². The molecule has 2 aromatic carbocycles. The second-order valence-electron chi connectivity index (χ2n) is 7.26. The zero-order valence-electron chi connectivity index (χ0n) is 16.0. The number of hydrogen-bond acceptors (Lipinski definition) is 7. The van der Waals surface area contributed by atoms with E-state index in [1.165, 1.54) is 18.2 Å². The van der Waals surface area contributed by atoms with E-state index in [1.807, 2.05) is 11.9 Å². The number of fused-ring (bicyclic) bond motifs is 1. The molecule has 150 valence electrons. The quantitative estimate of drug-likeness (QED) is 0.569. The number of amides is 1. The average Bonchev–Trinajstić information content (AvgIpc) is 2.67. The lowest BCUT2D eigenvalue weighted by molar-refractivity contribution is -0.120. The second kappa shape index (κ2) is 6.82. The van der Waals surface area contributed by atoms with E-state index in [1.54, 1.807) is 24.0 Å². The SMILES string of the molecule is Cc1cc(N2CCN(C)CC2=O)c2oc(-c3ccc(O)c(O)c3)c(O)c(=O)c2c1. The fourth-order valence-electron chi connectivity index (χ4n) is 3.52. The van der Waals surface area contributed by atoms with Crippen LogP contribution in [0.15, 0.2) is 39.5 Å². The van der Waals surface area contributed by atoms with Crippen molar-refractivity contribution in [3.63, 3.8) is 0 Å². The second-order valence-corrected chi connectivity index (χ2v) is 7.26. The highest BCUT2D eigenvalue weighted by Gasteiger charge is 2.27. The minimum Gasteiger partial charge on any atom is -0.504 e. The van der Waals surface area contributed by atoms with E-state index < -0.39 is 16.9 Å². The van der Waals surface area contributed by atoms with E-state index in [2.05, 4.69) is 0 Å². The van der Waals surface area contributed by atoms with Crippen LogP contribution in [-0.2, 0) is 4.79 Å². The van der Waals surface area contributed by atoms with Crippen LogP contribution in [-0.4, -0.2) is 52.8 Å². The predicted molar refractivity (Wildman–Crippen MR) is 108 cm³/mol. The zero-order valence-corrected chi connectivity index (χ0v) is 16.0. The lowest BCUT2D eigenvalue weighted by atomic mass is 10.1. The van der Waals surface area contributed by atoms with Crippen molar-refractivity contribution in [3.05, 3.63) is 46.1 Å². The Kier molecular flexibility index (Phi) is 4.43. The smallest absolute Gasteiger partial charge is 0.241 e. The Labute approximate surface area is 165 Å². The maximum Gasteiger partial charge on any atom is 0.241 e. The van der Waals surface area contributed by atoms with E-state index in [9.17, 15) is 24.9 Å². The monoisotopic (exact) mass is 396 g/mol. The van der Waals surface area contributed by atoms with Gasteiger partial charge in [0.1, 0.15) is 0 Å². The third kappa shape index (κ3) is 3.17. The number of carbonyl (C=O) groups excluding carboxylic acids is 1. The van der Waals surface area contributed by atoms with Crippen LogP contribution < -0.4 is 10.3 Å². The summed E-state index contributed by atoms with van der Waals surface area (Å²) in [6.45, 7) is 3.15. The molecule has 8 nitrogen and oxygen atoms in total. The Balaban J connectivity index is 1.98. The summed E-state index contributed by atoms with van der Waals surface area (Å²) in [5, 5.41) is 29.9. The standard InChI is InChI=1S/C21H20N2O6/c1-11-7-13-18(27)19(28)20(12-3-4-15(24)16(25)9-12)29-21(13)14(8-11)23-6-5-22(2)10-17(23)26/h3-4,7-9,24-25,28H,5-6,10H2,1-2H3. The van der Waals surface area contributed by atoms with Gasteiger partial charge in [0, 0.05) is 18.7 Å². The summed E-state index contributed by atoms with van der Waals surface area (Å²) in [5.41, 5.74) is 0.965. The molecular formula is C21H20N2O6. The molecule has 1 fully saturated rings. The Hall–Kier alpha value is -3.52. The van der Waals surface area contributed by atoms with Crippen molar-refractivity contribution in [3.8, 4) is 28.6 Å². The first-order valence-electron chi connectivity index (χ1n) is 9.08. The number of phenolic OH excluding ortho intramolecular Hbond substituents is 2. The van der Waals surface area contributed by atoms with Crippen LogP contribution >= 0.6 is 0 Å². The highest BCUT2D eigenvalue weighted by atomic mass is 16.4. The number of anilines is 1. The van der Waals surface area contributed by atoms with Gasteiger partial charge in [-0.2, -0.15) is 0 Å². The van der Waals surface area contributed by atoms with E-state index >= 15 is 0 Å². The molecule has 1 saturated heterocycles. The van der Waals surface area contributed by atoms with Crippen molar-refractivity contribution in [2.24, 2.45) is 0 Å². The van der Waals surface area contributed by atoms with Crippen molar-refractivity contribution in [1.29, 1.82) is 0 Å². The van der Waals surface area contributed by atoms with Crippen molar-refractivity contribution in [2.45, 2.75) is 6.92 Å². The molecule has 0 aliphatic carbocycles. The third-order valence-electron chi connectivity index (χ3n) is 5.03. The van der Waals surface area contributed by atoms with Gasteiger partial charge in [0.15, 0.2) is 22.8 Å². The molecule has 1 aliphatic heterocycles. The zero-order chi connectivity index (χ0) is 20.9. The minimum atomic E-state index is -0.639. The molecule has 0 unspecified atom stereocenters. The van der Waals surface area contributed by atoms with Crippen LogP contribution in [0.1, 0.15) is 5.56 Å². The number of aromatic hydroxyl groups is 3. The summed E-state index contributed by atoms with van der Waals surface area (Å²) in [7, 11) is 1.86. The average molecular weight is 396 g/mol. The topological polar surface area (TPSA) is 114 Å². The number of nitrogens with zero attached hydrogens (tertiary/aromatic N) is 2. The molecule has 3 aromatic rings. The van der Waals surface area contributed by atoms with Crippen molar-refractivity contribution in [2.75, 3.05) is 31.6 Å². The summed E-state index contributed by atoms with van der Waals surface area (Å²) in [4.78, 5) is 28.9. The Morgan fingerprint density at radius 2 is 1.76 bits per heavy atom. The van der Waals surface area contributed by atoms with Gasteiger partial charge in [-0.25, -0.2) is 0 Å². The van der Waals surface area contributed by atoms with Gasteiger partial charge in [-0.1, -0.05) is 0 Å². The highest BCUT2D eigenvalue weighted by Crippen LogP contribution is 2.38. The molecule has 3 N–H and O–H groups in total. The Morgan fingerprint density at radius 1 is 1.00 bits per heavy atom. The molecule has 8 heteroatoms. The molecule has 0 bridgehead atoms. The number of hydrogen-bond donors (Lipinski definition) is 3. The first-order chi connectivity index (χ1) is 13.8. The van der Waals surface area contributed by atoms with Crippen LogP contribution in [0.5, 0.6) is 17.2 Å². The molecule has 0 atom stereocenters.